The van der Waals surface area contributed by atoms with Crippen LogP contribution in [0.5, 0.6) is 0 Å². The number of rotatable bonds is 8. The lowest BCUT2D eigenvalue weighted by Crippen LogP contribution is -2.24. The highest BCUT2D eigenvalue weighted by Crippen LogP contribution is 2.18. The van der Waals surface area contributed by atoms with E-state index in [1.807, 2.05) is 69.3 Å². The van der Waals surface area contributed by atoms with Crippen LogP contribution in [0.2, 0.25) is 0 Å². The maximum atomic E-state index is 12.5. The molecule has 2 aromatic rings. The first-order valence-corrected chi connectivity index (χ1v) is 9.94. The topological polar surface area (TPSA) is 32.7 Å². The summed E-state index contributed by atoms with van der Waals surface area (Å²) in [6.45, 7) is 14.6. The van der Waals surface area contributed by atoms with Crippen molar-refractivity contribution < 1.29 is 4.79 Å². The van der Waals surface area contributed by atoms with Crippen molar-refractivity contribution in [1.29, 1.82) is 0 Å². The third-order valence-electron chi connectivity index (χ3n) is 4.75. The largest absolute Gasteiger partial charge is 0.338 e. The number of aliphatic imine (C=N–C) groups is 1. The van der Waals surface area contributed by atoms with Crippen molar-refractivity contribution in [2.45, 2.75) is 27.3 Å². The molecule has 0 saturated heterocycles. The van der Waals surface area contributed by atoms with Crippen LogP contribution in [0, 0.1) is 6.92 Å². The van der Waals surface area contributed by atoms with Crippen molar-refractivity contribution in [1.82, 2.24) is 4.90 Å². The fourth-order valence-corrected chi connectivity index (χ4v) is 2.77. The second-order valence-electron chi connectivity index (χ2n) is 7.36. The SMILES string of the molecule is C=C(/C=C\C(=O)N(C)Cc1cccc(C(=C)/N=C\C(C)=C/C)c1)c1cccc(C)c1. The standard InChI is InChI=1S/C27H30N2O/c1-7-20(2)18-28-23(5)26-13-9-11-24(17-26)19-29(6)27(30)15-14-22(4)25-12-8-10-21(3)16-25/h7-18H,4-5,19H2,1-3,6H3/b15-14-,20-7-,28-18-. The molecule has 154 valence electrons. The van der Waals surface area contributed by atoms with E-state index in [1.165, 1.54) is 0 Å². The van der Waals surface area contributed by atoms with Crippen LogP contribution in [0.3, 0.4) is 0 Å². The molecule has 30 heavy (non-hydrogen) atoms. The Kier molecular flexibility index (Phi) is 8.30. The van der Waals surface area contributed by atoms with Crippen LogP contribution in [-0.2, 0) is 11.3 Å². The third-order valence-corrected chi connectivity index (χ3v) is 4.75. The van der Waals surface area contributed by atoms with E-state index >= 15 is 0 Å². The Morgan fingerprint density at radius 1 is 1.07 bits per heavy atom. The quantitative estimate of drug-likeness (QED) is 0.295. The summed E-state index contributed by atoms with van der Waals surface area (Å²) < 4.78 is 0. The molecular weight excluding hydrogens is 368 g/mol. The van der Waals surface area contributed by atoms with Gasteiger partial charge in [-0.15, -0.1) is 0 Å². The van der Waals surface area contributed by atoms with Gasteiger partial charge in [-0.05, 0) is 60.8 Å². The Morgan fingerprint density at radius 3 is 2.47 bits per heavy atom. The zero-order valence-electron chi connectivity index (χ0n) is 18.4. The van der Waals surface area contributed by atoms with Crippen molar-refractivity contribution in [2.75, 3.05) is 7.05 Å². The highest BCUT2D eigenvalue weighted by Gasteiger charge is 2.07. The molecule has 0 bridgehead atoms. The fourth-order valence-electron chi connectivity index (χ4n) is 2.77. The zero-order chi connectivity index (χ0) is 22.1. The number of carbonyl (C=O) groups is 1. The van der Waals surface area contributed by atoms with Crippen LogP contribution < -0.4 is 0 Å². The summed E-state index contributed by atoms with van der Waals surface area (Å²) in [6.07, 6.45) is 7.13. The van der Waals surface area contributed by atoms with E-state index in [4.69, 9.17) is 0 Å². The van der Waals surface area contributed by atoms with Gasteiger partial charge in [0.25, 0.3) is 0 Å². The monoisotopic (exact) mass is 398 g/mol. The van der Waals surface area contributed by atoms with Crippen molar-refractivity contribution in [3.05, 3.63) is 108 Å². The number of hydrogen-bond acceptors (Lipinski definition) is 2. The molecule has 0 aromatic heterocycles. The molecule has 0 aliphatic rings. The molecule has 0 heterocycles. The van der Waals surface area contributed by atoms with E-state index in [-0.39, 0.29) is 5.91 Å². The van der Waals surface area contributed by atoms with E-state index in [9.17, 15) is 4.79 Å². The first-order chi connectivity index (χ1) is 14.3. The second-order valence-corrected chi connectivity index (χ2v) is 7.36. The summed E-state index contributed by atoms with van der Waals surface area (Å²) in [4.78, 5) is 18.6. The van der Waals surface area contributed by atoms with Crippen molar-refractivity contribution in [3.63, 3.8) is 0 Å². The van der Waals surface area contributed by atoms with Gasteiger partial charge < -0.3 is 4.90 Å². The fraction of sp³-hybridized carbons (Fsp3) is 0.185. The summed E-state index contributed by atoms with van der Waals surface area (Å²) >= 11 is 0. The van der Waals surface area contributed by atoms with Crippen molar-refractivity contribution in [2.24, 2.45) is 4.99 Å². The number of aryl methyl sites for hydroxylation is 1. The molecule has 0 unspecified atom stereocenters. The number of allylic oxidation sites excluding steroid dienone is 4. The molecule has 0 spiro atoms. The third kappa shape index (κ3) is 6.85. The lowest BCUT2D eigenvalue weighted by atomic mass is 10.0. The average Bonchev–Trinajstić information content (AvgIpc) is 2.75. The van der Waals surface area contributed by atoms with Crippen LogP contribution in [0.25, 0.3) is 11.3 Å². The number of likely N-dealkylation sites (N-methyl/N-ethyl adjacent to an activating group) is 1. The van der Waals surface area contributed by atoms with Crippen molar-refractivity contribution >= 4 is 23.4 Å². The Balaban J connectivity index is 2.02. The average molecular weight is 399 g/mol. The number of benzene rings is 2. The molecule has 2 aromatic carbocycles. The van der Waals surface area contributed by atoms with Gasteiger partial charge in [0.2, 0.25) is 5.91 Å². The molecule has 1 amide bonds. The number of nitrogens with zero attached hydrogens (tertiary/aromatic N) is 2. The van der Waals surface area contributed by atoms with E-state index in [1.54, 1.807) is 30.3 Å². The predicted octanol–water partition coefficient (Wildman–Crippen LogP) is 6.23. The number of amides is 1. The Bertz CT molecular complexity index is 1020. The molecule has 0 saturated carbocycles. The zero-order valence-corrected chi connectivity index (χ0v) is 18.4. The Morgan fingerprint density at radius 2 is 1.77 bits per heavy atom. The van der Waals surface area contributed by atoms with Gasteiger partial charge in [0, 0.05) is 25.9 Å². The number of carbonyl (C=O) groups excluding carboxylic acids is 1. The molecule has 0 aliphatic carbocycles. The second kappa shape index (κ2) is 10.9. The highest BCUT2D eigenvalue weighted by atomic mass is 16.2. The molecule has 3 nitrogen and oxygen atoms in total. The first-order valence-electron chi connectivity index (χ1n) is 9.94. The summed E-state index contributed by atoms with van der Waals surface area (Å²) in [5, 5.41) is 0. The molecular formula is C27H30N2O. The van der Waals surface area contributed by atoms with E-state index < -0.39 is 0 Å². The maximum Gasteiger partial charge on any atom is 0.246 e. The lowest BCUT2D eigenvalue weighted by Gasteiger charge is -2.16. The molecule has 0 aliphatic heterocycles. The molecule has 2 rings (SSSR count). The van der Waals surface area contributed by atoms with E-state index in [0.29, 0.717) is 12.2 Å². The summed E-state index contributed by atoms with van der Waals surface area (Å²) in [5.41, 5.74) is 6.73. The van der Waals surface area contributed by atoms with Gasteiger partial charge in [0.05, 0.1) is 5.70 Å². The van der Waals surface area contributed by atoms with Crippen LogP contribution in [0.1, 0.15) is 36.1 Å². The molecule has 0 N–H and O–H groups in total. The Labute approximate surface area is 180 Å². The predicted molar refractivity (Wildman–Crippen MR) is 129 cm³/mol. The van der Waals surface area contributed by atoms with E-state index in [0.717, 1.165) is 33.4 Å². The first kappa shape index (κ1) is 22.8. The minimum absolute atomic E-state index is 0.0743. The van der Waals surface area contributed by atoms with Crippen LogP contribution in [0.15, 0.2) is 90.5 Å². The highest BCUT2D eigenvalue weighted by molar-refractivity contribution is 5.90. The van der Waals surface area contributed by atoms with E-state index in [2.05, 4.69) is 24.2 Å². The maximum absolute atomic E-state index is 12.5. The van der Waals surface area contributed by atoms with Gasteiger partial charge in [0.1, 0.15) is 0 Å². The normalized spacial score (nSPS) is 11.8. The van der Waals surface area contributed by atoms with Gasteiger partial charge >= 0.3 is 0 Å². The van der Waals surface area contributed by atoms with Crippen LogP contribution in [0.4, 0.5) is 0 Å². The minimum Gasteiger partial charge on any atom is -0.338 e. The van der Waals surface area contributed by atoms with Gasteiger partial charge in [-0.2, -0.15) is 0 Å². The minimum atomic E-state index is -0.0743. The lowest BCUT2D eigenvalue weighted by molar-refractivity contribution is -0.125. The van der Waals surface area contributed by atoms with Gasteiger partial charge in [-0.3, -0.25) is 9.79 Å². The van der Waals surface area contributed by atoms with Gasteiger partial charge in [0.15, 0.2) is 0 Å². The van der Waals surface area contributed by atoms with Gasteiger partial charge in [-0.1, -0.05) is 67.3 Å². The summed E-state index contributed by atoms with van der Waals surface area (Å²) in [6, 6.07) is 16.0. The van der Waals surface area contributed by atoms with Crippen molar-refractivity contribution in [3.8, 4) is 0 Å². The van der Waals surface area contributed by atoms with Crippen LogP contribution >= 0.6 is 0 Å². The molecule has 0 fully saturated rings. The van der Waals surface area contributed by atoms with Crippen LogP contribution in [-0.4, -0.2) is 24.1 Å². The smallest absolute Gasteiger partial charge is 0.246 e. The summed E-state index contributed by atoms with van der Waals surface area (Å²) in [5.74, 6) is -0.0743. The number of hydrogen-bond donors (Lipinski definition) is 0. The molecule has 0 radical (unpaired) electrons. The molecule has 3 heteroatoms. The van der Waals surface area contributed by atoms with Gasteiger partial charge in [-0.25, -0.2) is 0 Å². The Hall–Kier alpha value is -3.46. The summed E-state index contributed by atoms with van der Waals surface area (Å²) in [7, 11) is 1.79. The molecule has 0 atom stereocenters.